The van der Waals surface area contributed by atoms with Gasteiger partial charge in [0, 0.05) is 26.6 Å². The van der Waals surface area contributed by atoms with Gasteiger partial charge in [0.2, 0.25) is 0 Å². The van der Waals surface area contributed by atoms with Crippen LogP contribution >= 0.6 is 0 Å². The first-order chi connectivity index (χ1) is 11.8. The van der Waals surface area contributed by atoms with Crippen LogP contribution in [0.2, 0.25) is 0 Å². The number of carbonyl (C=O) groups is 1. The lowest BCUT2D eigenvalue weighted by atomic mass is 10.0. The number of aryl methyl sites for hydroxylation is 1. The summed E-state index contributed by atoms with van der Waals surface area (Å²) in [4.78, 5) is 18.3. The van der Waals surface area contributed by atoms with Crippen molar-refractivity contribution >= 4 is 5.97 Å². The van der Waals surface area contributed by atoms with Crippen LogP contribution in [0.3, 0.4) is 0 Å². The van der Waals surface area contributed by atoms with E-state index in [9.17, 15) is 18.0 Å². The molecule has 1 aliphatic heterocycles. The SMILES string of the molecule is COC(=O)C1Cc2ncn(C)c2CN1Cc1ccc(C(F)(F)F)cc1. The zero-order valence-corrected chi connectivity index (χ0v) is 13.9. The molecule has 0 N–H and O–H groups in total. The molecule has 3 rings (SSSR count). The van der Waals surface area contributed by atoms with Crippen molar-refractivity contribution in [2.45, 2.75) is 31.7 Å². The summed E-state index contributed by atoms with van der Waals surface area (Å²) in [6.45, 7) is 0.829. The Bertz CT molecular complexity index is 768. The molecule has 5 nitrogen and oxygen atoms in total. The van der Waals surface area contributed by atoms with Gasteiger partial charge in [-0.15, -0.1) is 0 Å². The fraction of sp³-hybridized carbons (Fsp3) is 0.412. The molecule has 0 spiro atoms. The van der Waals surface area contributed by atoms with E-state index in [-0.39, 0.29) is 5.97 Å². The van der Waals surface area contributed by atoms with Crippen LogP contribution in [0.25, 0.3) is 0 Å². The van der Waals surface area contributed by atoms with Crippen LogP contribution in [-0.2, 0) is 42.3 Å². The van der Waals surface area contributed by atoms with E-state index < -0.39 is 17.8 Å². The standard InChI is InChI=1S/C17H18F3N3O2/c1-22-10-21-13-7-14(16(24)25-2)23(9-15(13)22)8-11-3-5-12(6-4-11)17(18,19)20/h3-6,10,14H,7-9H2,1-2H3. The summed E-state index contributed by atoms with van der Waals surface area (Å²) in [7, 11) is 3.20. The average molecular weight is 353 g/mol. The minimum absolute atomic E-state index is 0.350. The maximum Gasteiger partial charge on any atom is 0.416 e. The number of benzene rings is 1. The Kier molecular flexibility index (Phi) is 4.55. The molecule has 2 aromatic rings. The van der Waals surface area contributed by atoms with E-state index in [0.29, 0.717) is 25.1 Å². The molecule has 1 atom stereocenters. The van der Waals surface area contributed by atoms with Crippen molar-refractivity contribution in [3.05, 3.63) is 53.1 Å². The molecule has 0 amide bonds. The maximum absolute atomic E-state index is 12.7. The van der Waals surface area contributed by atoms with Gasteiger partial charge in [0.1, 0.15) is 6.04 Å². The molecule has 0 aliphatic carbocycles. The number of halogens is 3. The van der Waals surface area contributed by atoms with Gasteiger partial charge in [-0.1, -0.05) is 12.1 Å². The Labute approximate surface area is 143 Å². The third kappa shape index (κ3) is 3.53. The summed E-state index contributed by atoms with van der Waals surface area (Å²) in [6, 6.07) is 4.49. The third-order valence-corrected chi connectivity index (χ3v) is 4.47. The highest BCUT2D eigenvalue weighted by Crippen LogP contribution is 2.30. The van der Waals surface area contributed by atoms with Crippen molar-refractivity contribution in [3.63, 3.8) is 0 Å². The first-order valence-electron chi connectivity index (χ1n) is 7.76. The molecule has 1 aliphatic rings. The highest BCUT2D eigenvalue weighted by molar-refractivity contribution is 5.76. The van der Waals surface area contributed by atoms with Gasteiger partial charge in [0.25, 0.3) is 0 Å². The number of hydrogen-bond donors (Lipinski definition) is 0. The van der Waals surface area contributed by atoms with Crippen molar-refractivity contribution in [2.24, 2.45) is 7.05 Å². The van der Waals surface area contributed by atoms with Crippen LogP contribution in [0, 0.1) is 0 Å². The molecule has 1 aromatic heterocycles. The number of rotatable bonds is 3. The van der Waals surface area contributed by atoms with Gasteiger partial charge < -0.3 is 9.30 Å². The highest BCUT2D eigenvalue weighted by atomic mass is 19.4. The number of methoxy groups -OCH3 is 1. The Balaban J connectivity index is 1.83. The Morgan fingerprint density at radius 1 is 1.32 bits per heavy atom. The topological polar surface area (TPSA) is 47.4 Å². The summed E-state index contributed by atoms with van der Waals surface area (Å²) in [6.07, 6.45) is -2.24. The molecule has 0 bridgehead atoms. The quantitative estimate of drug-likeness (QED) is 0.796. The van der Waals surface area contributed by atoms with Gasteiger partial charge in [-0.3, -0.25) is 9.69 Å². The van der Waals surface area contributed by atoms with Gasteiger partial charge in [-0.25, -0.2) is 4.98 Å². The zero-order chi connectivity index (χ0) is 18.2. The lowest BCUT2D eigenvalue weighted by Crippen LogP contribution is -2.46. The van der Waals surface area contributed by atoms with Gasteiger partial charge >= 0.3 is 12.1 Å². The molecule has 2 heterocycles. The van der Waals surface area contributed by atoms with Gasteiger partial charge in [0.05, 0.1) is 30.4 Å². The van der Waals surface area contributed by atoms with E-state index in [1.807, 2.05) is 16.5 Å². The first kappa shape index (κ1) is 17.5. The normalized spacial score (nSPS) is 18.0. The molecule has 25 heavy (non-hydrogen) atoms. The van der Waals surface area contributed by atoms with Crippen LogP contribution in [-0.4, -0.2) is 33.6 Å². The van der Waals surface area contributed by atoms with Crippen molar-refractivity contribution in [1.29, 1.82) is 0 Å². The van der Waals surface area contributed by atoms with E-state index in [4.69, 9.17) is 4.74 Å². The molecular formula is C17H18F3N3O2. The first-order valence-corrected chi connectivity index (χ1v) is 7.76. The monoisotopic (exact) mass is 353 g/mol. The number of aromatic nitrogens is 2. The summed E-state index contributed by atoms with van der Waals surface area (Å²) in [5.74, 6) is -0.372. The number of alkyl halides is 3. The molecule has 1 unspecified atom stereocenters. The van der Waals surface area contributed by atoms with Crippen LogP contribution in [0.4, 0.5) is 13.2 Å². The fourth-order valence-corrected chi connectivity index (χ4v) is 3.06. The Morgan fingerprint density at radius 3 is 2.60 bits per heavy atom. The predicted molar refractivity (Wildman–Crippen MR) is 83.4 cm³/mol. The lowest BCUT2D eigenvalue weighted by molar-refractivity contribution is -0.148. The molecule has 1 aromatic carbocycles. The molecule has 0 fully saturated rings. The van der Waals surface area contributed by atoms with Gasteiger partial charge in [-0.05, 0) is 17.7 Å². The number of fused-ring (bicyclic) bond motifs is 1. The van der Waals surface area contributed by atoms with E-state index in [1.165, 1.54) is 19.2 Å². The number of nitrogens with zero attached hydrogens (tertiary/aromatic N) is 3. The second kappa shape index (κ2) is 6.51. The van der Waals surface area contributed by atoms with E-state index in [1.54, 1.807) is 6.33 Å². The molecule has 0 saturated heterocycles. The third-order valence-electron chi connectivity index (χ3n) is 4.47. The van der Waals surface area contributed by atoms with Gasteiger partial charge in [0.15, 0.2) is 0 Å². The van der Waals surface area contributed by atoms with Gasteiger partial charge in [-0.2, -0.15) is 13.2 Å². The smallest absolute Gasteiger partial charge is 0.416 e. The number of esters is 1. The van der Waals surface area contributed by atoms with Crippen LogP contribution in [0.15, 0.2) is 30.6 Å². The van der Waals surface area contributed by atoms with Crippen LogP contribution in [0.1, 0.15) is 22.5 Å². The summed E-state index contributed by atoms with van der Waals surface area (Å²) < 4.78 is 44.8. The number of imidazole rings is 1. The summed E-state index contributed by atoms with van der Waals surface area (Å²) in [5.41, 5.74) is 1.86. The van der Waals surface area contributed by atoms with Crippen molar-refractivity contribution in [3.8, 4) is 0 Å². The highest BCUT2D eigenvalue weighted by Gasteiger charge is 2.35. The minimum atomic E-state index is -4.36. The number of hydrogen-bond acceptors (Lipinski definition) is 4. The Hall–Kier alpha value is -2.35. The number of ether oxygens (including phenoxy) is 1. The Morgan fingerprint density at radius 2 is 2.00 bits per heavy atom. The lowest BCUT2D eigenvalue weighted by Gasteiger charge is -2.33. The predicted octanol–water partition coefficient (Wildman–Crippen LogP) is 2.54. The molecule has 0 saturated carbocycles. The summed E-state index contributed by atoms with van der Waals surface area (Å²) >= 11 is 0. The molecular weight excluding hydrogens is 335 g/mol. The second-order valence-corrected chi connectivity index (χ2v) is 6.09. The largest absolute Gasteiger partial charge is 0.468 e. The molecule has 0 radical (unpaired) electrons. The second-order valence-electron chi connectivity index (χ2n) is 6.09. The average Bonchev–Trinajstić information content (AvgIpc) is 2.93. The zero-order valence-electron chi connectivity index (χ0n) is 13.9. The van der Waals surface area contributed by atoms with E-state index in [0.717, 1.165) is 23.5 Å². The fourth-order valence-electron chi connectivity index (χ4n) is 3.06. The van der Waals surface area contributed by atoms with E-state index >= 15 is 0 Å². The summed E-state index contributed by atoms with van der Waals surface area (Å²) in [5, 5.41) is 0. The van der Waals surface area contributed by atoms with E-state index in [2.05, 4.69) is 4.98 Å². The minimum Gasteiger partial charge on any atom is -0.468 e. The van der Waals surface area contributed by atoms with Crippen molar-refractivity contribution in [2.75, 3.05) is 7.11 Å². The molecule has 134 valence electrons. The number of carbonyl (C=O) groups excluding carboxylic acids is 1. The van der Waals surface area contributed by atoms with Crippen LogP contribution < -0.4 is 0 Å². The van der Waals surface area contributed by atoms with Crippen molar-refractivity contribution < 1.29 is 22.7 Å². The van der Waals surface area contributed by atoms with Crippen LogP contribution in [0.5, 0.6) is 0 Å². The molecule has 8 heteroatoms. The van der Waals surface area contributed by atoms with Crippen molar-refractivity contribution in [1.82, 2.24) is 14.5 Å². The maximum atomic E-state index is 12.7.